The minimum atomic E-state index is -0.231. The van der Waals surface area contributed by atoms with Gasteiger partial charge in [0.2, 0.25) is 0 Å². The van der Waals surface area contributed by atoms with Gasteiger partial charge >= 0.3 is 5.69 Å². The number of aromatic nitrogens is 2. The Labute approximate surface area is 87.7 Å². The number of anilines is 1. The van der Waals surface area contributed by atoms with Crippen molar-refractivity contribution < 1.29 is 0 Å². The highest BCUT2D eigenvalue weighted by atomic mass is 16.1. The van der Waals surface area contributed by atoms with Crippen LogP contribution in [0.3, 0.4) is 0 Å². The lowest BCUT2D eigenvalue weighted by Crippen LogP contribution is -2.31. The molecule has 4 nitrogen and oxygen atoms in total. The lowest BCUT2D eigenvalue weighted by atomic mass is 10.1. The monoisotopic (exact) mass is 205 g/mol. The molecule has 0 saturated carbocycles. The van der Waals surface area contributed by atoms with Crippen molar-refractivity contribution in [3.8, 4) is 0 Å². The van der Waals surface area contributed by atoms with E-state index in [1.54, 1.807) is 16.7 Å². The maximum absolute atomic E-state index is 11.8. The molecule has 0 aliphatic carbocycles. The number of nitrogens with one attached hydrogen (secondary N) is 1. The fourth-order valence-corrected chi connectivity index (χ4v) is 1.80. The highest BCUT2D eigenvalue weighted by Gasteiger charge is 2.18. The van der Waals surface area contributed by atoms with Crippen molar-refractivity contribution in [3.05, 3.63) is 28.7 Å². The molecule has 2 rings (SSSR count). The third kappa shape index (κ3) is 1.52. The summed E-state index contributed by atoms with van der Waals surface area (Å²) in [5.41, 5.74) is 7.67. The van der Waals surface area contributed by atoms with Gasteiger partial charge in [-0.15, -0.1) is 0 Å². The molecule has 0 aliphatic heterocycles. The maximum atomic E-state index is 11.8. The van der Waals surface area contributed by atoms with Gasteiger partial charge in [0.05, 0.1) is 11.0 Å². The number of aromatic amines is 1. The standard InChI is InChI=1S/C11H15N3O/c1-11(2,3)14-9-5-4-7(12)6-8(9)13-10(14)15/h4-6H,12H2,1-3H3,(H,13,15). The molecule has 0 aliphatic rings. The quantitative estimate of drug-likeness (QED) is 0.642. The van der Waals surface area contributed by atoms with Gasteiger partial charge in [-0.25, -0.2) is 4.79 Å². The van der Waals surface area contributed by atoms with Crippen molar-refractivity contribution in [2.45, 2.75) is 26.3 Å². The van der Waals surface area contributed by atoms with Crippen LogP contribution in [-0.2, 0) is 5.54 Å². The number of nitrogens with zero attached hydrogens (tertiary/aromatic N) is 1. The Morgan fingerprint density at radius 3 is 2.60 bits per heavy atom. The van der Waals surface area contributed by atoms with Crippen molar-refractivity contribution >= 4 is 16.7 Å². The van der Waals surface area contributed by atoms with Crippen LogP contribution in [0.2, 0.25) is 0 Å². The Bertz CT molecular complexity index is 557. The summed E-state index contributed by atoms with van der Waals surface area (Å²) in [5.74, 6) is 0. The number of hydrogen-bond acceptors (Lipinski definition) is 2. The van der Waals surface area contributed by atoms with Crippen LogP contribution < -0.4 is 11.4 Å². The fourth-order valence-electron chi connectivity index (χ4n) is 1.80. The van der Waals surface area contributed by atoms with Gasteiger partial charge in [-0.05, 0) is 39.0 Å². The van der Waals surface area contributed by atoms with Crippen LogP contribution in [0.1, 0.15) is 20.8 Å². The smallest absolute Gasteiger partial charge is 0.326 e. The van der Waals surface area contributed by atoms with E-state index >= 15 is 0 Å². The van der Waals surface area contributed by atoms with E-state index < -0.39 is 0 Å². The molecule has 0 saturated heterocycles. The van der Waals surface area contributed by atoms with Crippen molar-refractivity contribution in [2.75, 3.05) is 5.73 Å². The number of rotatable bonds is 0. The van der Waals surface area contributed by atoms with Crippen LogP contribution in [0.4, 0.5) is 5.69 Å². The van der Waals surface area contributed by atoms with Crippen molar-refractivity contribution in [1.29, 1.82) is 0 Å². The van der Waals surface area contributed by atoms with E-state index in [4.69, 9.17) is 5.73 Å². The normalized spacial score (nSPS) is 12.2. The van der Waals surface area contributed by atoms with Crippen molar-refractivity contribution in [2.24, 2.45) is 0 Å². The summed E-state index contributed by atoms with van der Waals surface area (Å²) >= 11 is 0. The Hall–Kier alpha value is -1.71. The number of fused-ring (bicyclic) bond motifs is 1. The van der Waals surface area contributed by atoms with E-state index in [0.29, 0.717) is 5.69 Å². The first-order chi connectivity index (χ1) is 6.89. The zero-order chi connectivity index (χ0) is 11.2. The number of H-pyrrole nitrogens is 1. The average molecular weight is 205 g/mol. The van der Waals surface area contributed by atoms with Gasteiger partial charge in [0.15, 0.2) is 0 Å². The second kappa shape index (κ2) is 2.89. The van der Waals surface area contributed by atoms with Crippen LogP contribution in [0, 0.1) is 0 Å². The molecule has 0 fully saturated rings. The van der Waals surface area contributed by atoms with Crippen LogP contribution >= 0.6 is 0 Å². The lowest BCUT2D eigenvalue weighted by molar-refractivity contribution is 0.397. The predicted molar refractivity (Wildman–Crippen MR) is 62.0 cm³/mol. The van der Waals surface area contributed by atoms with E-state index in [1.165, 1.54) is 0 Å². The van der Waals surface area contributed by atoms with Gasteiger partial charge in [0.25, 0.3) is 0 Å². The lowest BCUT2D eigenvalue weighted by Gasteiger charge is -2.20. The second-order valence-corrected chi connectivity index (χ2v) is 4.71. The van der Waals surface area contributed by atoms with Crippen LogP contribution in [0.15, 0.2) is 23.0 Å². The third-order valence-corrected chi connectivity index (χ3v) is 2.38. The number of nitrogen functional groups attached to an aromatic ring is 1. The maximum Gasteiger partial charge on any atom is 0.326 e. The molecule has 15 heavy (non-hydrogen) atoms. The van der Waals surface area contributed by atoms with Gasteiger partial charge < -0.3 is 10.7 Å². The molecule has 0 amide bonds. The molecule has 80 valence electrons. The first-order valence-electron chi connectivity index (χ1n) is 4.90. The molecular formula is C11H15N3O. The molecule has 2 aromatic rings. The number of hydrogen-bond donors (Lipinski definition) is 2. The molecule has 3 N–H and O–H groups in total. The fraction of sp³-hybridized carbons (Fsp3) is 0.364. The summed E-state index contributed by atoms with van der Waals surface area (Å²) in [7, 11) is 0. The molecule has 0 spiro atoms. The van der Waals surface area contributed by atoms with Crippen LogP contribution in [0.25, 0.3) is 11.0 Å². The summed E-state index contributed by atoms with van der Waals surface area (Å²) in [5, 5.41) is 0. The predicted octanol–water partition coefficient (Wildman–Crippen LogP) is 1.67. The Balaban J connectivity index is 2.86. The molecule has 0 unspecified atom stereocenters. The molecular weight excluding hydrogens is 190 g/mol. The topological polar surface area (TPSA) is 63.8 Å². The highest BCUT2D eigenvalue weighted by Crippen LogP contribution is 2.20. The van der Waals surface area contributed by atoms with Crippen molar-refractivity contribution in [1.82, 2.24) is 9.55 Å². The van der Waals surface area contributed by atoms with E-state index in [9.17, 15) is 4.79 Å². The molecule has 0 atom stereocenters. The first kappa shape index (κ1) is 9.83. The summed E-state index contributed by atoms with van der Waals surface area (Å²) in [6.45, 7) is 5.99. The molecule has 4 heteroatoms. The molecule has 1 aromatic heterocycles. The summed E-state index contributed by atoms with van der Waals surface area (Å²) < 4.78 is 1.74. The minimum Gasteiger partial charge on any atom is -0.399 e. The molecule has 0 radical (unpaired) electrons. The van der Waals surface area contributed by atoms with Crippen molar-refractivity contribution in [3.63, 3.8) is 0 Å². The van der Waals surface area contributed by atoms with Crippen LogP contribution in [0.5, 0.6) is 0 Å². The molecule has 1 heterocycles. The number of benzene rings is 1. The van der Waals surface area contributed by atoms with Gasteiger partial charge in [-0.2, -0.15) is 0 Å². The van der Waals surface area contributed by atoms with E-state index in [1.807, 2.05) is 26.8 Å². The van der Waals surface area contributed by atoms with E-state index in [-0.39, 0.29) is 11.2 Å². The Kier molecular flexibility index (Phi) is 1.89. The second-order valence-electron chi connectivity index (χ2n) is 4.71. The largest absolute Gasteiger partial charge is 0.399 e. The van der Waals surface area contributed by atoms with E-state index in [2.05, 4.69) is 4.98 Å². The van der Waals surface area contributed by atoms with Crippen LogP contribution in [-0.4, -0.2) is 9.55 Å². The molecule has 1 aromatic carbocycles. The zero-order valence-electron chi connectivity index (χ0n) is 9.16. The number of nitrogens with two attached hydrogens (primary N) is 1. The highest BCUT2D eigenvalue weighted by molar-refractivity contribution is 5.79. The number of imidazole rings is 1. The van der Waals surface area contributed by atoms with Gasteiger partial charge in [-0.3, -0.25) is 4.57 Å². The molecule has 0 bridgehead atoms. The summed E-state index contributed by atoms with van der Waals surface area (Å²) in [6.07, 6.45) is 0. The Morgan fingerprint density at radius 2 is 2.00 bits per heavy atom. The van der Waals surface area contributed by atoms with Gasteiger partial charge in [-0.1, -0.05) is 0 Å². The minimum absolute atomic E-state index is 0.0944. The SMILES string of the molecule is CC(C)(C)n1c(=O)[nH]c2cc(N)ccc21. The zero-order valence-corrected chi connectivity index (χ0v) is 9.16. The Morgan fingerprint density at radius 1 is 1.33 bits per heavy atom. The average Bonchev–Trinajstić information content (AvgIpc) is 2.38. The van der Waals surface area contributed by atoms with E-state index in [0.717, 1.165) is 11.0 Å². The third-order valence-electron chi connectivity index (χ3n) is 2.38. The first-order valence-corrected chi connectivity index (χ1v) is 4.90. The van der Waals surface area contributed by atoms with Gasteiger partial charge in [0.1, 0.15) is 0 Å². The van der Waals surface area contributed by atoms with Gasteiger partial charge in [0, 0.05) is 11.2 Å². The summed E-state index contributed by atoms with van der Waals surface area (Å²) in [4.78, 5) is 14.6. The summed E-state index contributed by atoms with van der Waals surface area (Å²) in [6, 6.07) is 5.45.